The van der Waals surface area contributed by atoms with Crippen molar-refractivity contribution in [1.82, 2.24) is 0 Å². The summed E-state index contributed by atoms with van der Waals surface area (Å²) >= 11 is 0. The van der Waals surface area contributed by atoms with Crippen molar-refractivity contribution in [2.24, 2.45) is 5.92 Å². The van der Waals surface area contributed by atoms with Gasteiger partial charge in [-0.2, -0.15) is 0 Å². The van der Waals surface area contributed by atoms with E-state index in [9.17, 15) is 9.18 Å². The molecule has 0 aromatic rings. The number of rotatable bonds is 3. The van der Waals surface area contributed by atoms with E-state index in [4.69, 9.17) is 0 Å². The lowest BCUT2D eigenvalue weighted by molar-refractivity contribution is -0.130. The number of alkyl halides is 1. The topological polar surface area (TPSA) is 17.1 Å². The number of hydrogen-bond donors (Lipinski definition) is 0. The van der Waals surface area contributed by atoms with Crippen molar-refractivity contribution in [2.45, 2.75) is 53.6 Å². The fraction of sp³-hybridized carbons (Fsp3) is 0.750. The molecule has 14 heavy (non-hydrogen) atoms. The first-order chi connectivity index (χ1) is 6.48. The van der Waals surface area contributed by atoms with Crippen LogP contribution in [-0.2, 0) is 4.79 Å². The monoisotopic (exact) mass is 200 g/mol. The SMILES string of the molecule is CC.CC#CC(F)(CC)C(=O)C(C)C. The van der Waals surface area contributed by atoms with Crippen LogP contribution < -0.4 is 0 Å². The van der Waals surface area contributed by atoms with Crippen LogP contribution >= 0.6 is 0 Å². The van der Waals surface area contributed by atoms with Gasteiger partial charge in [-0.15, -0.1) is 5.92 Å². The second kappa shape index (κ2) is 7.55. The summed E-state index contributed by atoms with van der Waals surface area (Å²) in [5.41, 5.74) is -1.93. The predicted molar refractivity (Wildman–Crippen MR) is 58.8 cm³/mol. The van der Waals surface area contributed by atoms with E-state index < -0.39 is 11.5 Å². The van der Waals surface area contributed by atoms with Gasteiger partial charge in [-0.25, -0.2) is 4.39 Å². The molecule has 2 heteroatoms. The Morgan fingerprint density at radius 3 is 2.07 bits per heavy atom. The second-order valence-corrected chi connectivity index (χ2v) is 3.05. The Kier molecular flexibility index (Phi) is 8.43. The van der Waals surface area contributed by atoms with Gasteiger partial charge >= 0.3 is 0 Å². The lowest BCUT2D eigenvalue weighted by atomic mass is 9.90. The molecule has 82 valence electrons. The molecule has 0 heterocycles. The third-order valence-electron chi connectivity index (χ3n) is 1.73. The lowest BCUT2D eigenvalue weighted by Gasteiger charge is -2.17. The summed E-state index contributed by atoms with van der Waals surface area (Å²) in [4.78, 5) is 11.3. The van der Waals surface area contributed by atoms with E-state index in [-0.39, 0.29) is 12.3 Å². The molecule has 1 atom stereocenters. The van der Waals surface area contributed by atoms with Gasteiger partial charge in [-0.1, -0.05) is 40.5 Å². The van der Waals surface area contributed by atoms with Crippen LogP contribution in [0.25, 0.3) is 0 Å². The van der Waals surface area contributed by atoms with Crippen molar-refractivity contribution in [2.75, 3.05) is 0 Å². The predicted octanol–water partition coefficient (Wildman–Crippen LogP) is 3.38. The molecule has 0 fully saturated rings. The van der Waals surface area contributed by atoms with Crippen LogP contribution in [0.4, 0.5) is 4.39 Å². The van der Waals surface area contributed by atoms with Crippen molar-refractivity contribution in [3.63, 3.8) is 0 Å². The Balaban J connectivity index is 0. The normalized spacial score (nSPS) is 13.1. The standard InChI is InChI=1S/C10H15FO.C2H6/c1-5-7-10(11,6-2)9(12)8(3)4;1-2/h8H,6H2,1-4H3;1-2H3. The first kappa shape index (κ1) is 15.6. The van der Waals surface area contributed by atoms with Crippen LogP contribution in [0.3, 0.4) is 0 Å². The molecule has 1 nitrogen and oxygen atoms in total. The fourth-order valence-electron chi connectivity index (χ4n) is 0.980. The molecule has 0 saturated carbocycles. The minimum absolute atomic E-state index is 0.130. The summed E-state index contributed by atoms with van der Waals surface area (Å²) in [6.07, 6.45) is 0.130. The minimum Gasteiger partial charge on any atom is -0.295 e. The van der Waals surface area contributed by atoms with E-state index in [0.29, 0.717) is 0 Å². The highest BCUT2D eigenvalue weighted by Gasteiger charge is 2.35. The Morgan fingerprint density at radius 1 is 1.43 bits per heavy atom. The Morgan fingerprint density at radius 2 is 1.86 bits per heavy atom. The summed E-state index contributed by atoms with van der Waals surface area (Å²) in [5.74, 6) is 4.06. The lowest BCUT2D eigenvalue weighted by Crippen LogP contribution is -2.34. The summed E-state index contributed by atoms with van der Waals surface area (Å²) in [6.45, 7) is 10.5. The van der Waals surface area contributed by atoms with Gasteiger partial charge in [0, 0.05) is 5.92 Å². The highest BCUT2D eigenvalue weighted by Crippen LogP contribution is 2.20. The van der Waals surface area contributed by atoms with E-state index in [1.807, 2.05) is 13.8 Å². The molecular formula is C12H21FO. The number of hydrogen-bond acceptors (Lipinski definition) is 1. The zero-order valence-corrected chi connectivity index (χ0v) is 10.1. The second-order valence-electron chi connectivity index (χ2n) is 3.05. The zero-order valence-electron chi connectivity index (χ0n) is 10.1. The molecule has 0 aliphatic heterocycles. The quantitative estimate of drug-likeness (QED) is 0.638. The van der Waals surface area contributed by atoms with Crippen LogP contribution in [0, 0.1) is 17.8 Å². The molecule has 0 aromatic heterocycles. The molecule has 0 aliphatic carbocycles. The molecule has 0 spiro atoms. The van der Waals surface area contributed by atoms with E-state index in [1.165, 1.54) is 6.92 Å². The summed E-state index contributed by atoms with van der Waals surface area (Å²) in [5, 5.41) is 0. The molecule has 0 aliphatic rings. The number of ketones is 1. The number of carbonyl (C=O) groups excluding carboxylic acids is 1. The van der Waals surface area contributed by atoms with Gasteiger partial charge in [0.1, 0.15) is 0 Å². The van der Waals surface area contributed by atoms with Gasteiger partial charge in [0.2, 0.25) is 5.67 Å². The number of halogens is 1. The highest BCUT2D eigenvalue weighted by atomic mass is 19.1. The van der Waals surface area contributed by atoms with Gasteiger partial charge in [-0.05, 0) is 13.3 Å². The maximum atomic E-state index is 13.6. The molecule has 0 saturated heterocycles. The molecule has 0 N–H and O–H groups in total. The van der Waals surface area contributed by atoms with Gasteiger partial charge in [-0.3, -0.25) is 4.79 Å². The zero-order chi connectivity index (χ0) is 11.8. The third-order valence-corrected chi connectivity index (χ3v) is 1.73. The minimum atomic E-state index is -1.93. The first-order valence-electron chi connectivity index (χ1n) is 5.15. The van der Waals surface area contributed by atoms with E-state index in [0.717, 1.165) is 0 Å². The van der Waals surface area contributed by atoms with Crippen molar-refractivity contribution >= 4 is 5.78 Å². The van der Waals surface area contributed by atoms with Crippen LogP contribution in [0.15, 0.2) is 0 Å². The fourth-order valence-corrected chi connectivity index (χ4v) is 0.980. The van der Waals surface area contributed by atoms with Crippen LogP contribution in [0.2, 0.25) is 0 Å². The van der Waals surface area contributed by atoms with Crippen molar-refractivity contribution in [3.05, 3.63) is 0 Å². The average Bonchev–Trinajstić information content (AvgIpc) is 2.19. The smallest absolute Gasteiger partial charge is 0.228 e. The molecule has 0 aromatic carbocycles. The highest BCUT2D eigenvalue weighted by molar-refractivity contribution is 5.91. The van der Waals surface area contributed by atoms with Gasteiger partial charge in [0.05, 0.1) is 0 Å². The van der Waals surface area contributed by atoms with Gasteiger partial charge < -0.3 is 0 Å². The first-order valence-corrected chi connectivity index (χ1v) is 5.15. The maximum absolute atomic E-state index is 13.6. The van der Waals surface area contributed by atoms with E-state index in [1.54, 1.807) is 20.8 Å². The largest absolute Gasteiger partial charge is 0.295 e. The summed E-state index contributed by atoms with van der Waals surface area (Å²) < 4.78 is 13.6. The maximum Gasteiger partial charge on any atom is 0.228 e. The summed E-state index contributed by atoms with van der Waals surface area (Å²) in [7, 11) is 0. The molecule has 0 amide bonds. The van der Waals surface area contributed by atoms with Crippen LogP contribution in [-0.4, -0.2) is 11.5 Å². The van der Waals surface area contributed by atoms with Gasteiger partial charge in [0.15, 0.2) is 5.78 Å². The van der Waals surface area contributed by atoms with E-state index in [2.05, 4.69) is 11.8 Å². The molecule has 0 rings (SSSR count). The van der Waals surface area contributed by atoms with Crippen LogP contribution in [0.5, 0.6) is 0 Å². The molecule has 1 unspecified atom stereocenters. The molecule has 0 bridgehead atoms. The van der Waals surface area contributed by atoms with Crippen molar-refractivity contribution < 1.29 is 9.18 Å². The van der Waals surface area contributed by atoms with Crippen molar-refractivity contribution in [1.29, 1.82) is 0 Å². The number of Topliss-reactive ketones (excluding diaryl/α,β-unsaturated/α-hetero) is 1. The Labute approximate surface area is 87.1 Å². The van der Waals surface area contributed by atoms with Crippen LogP contribution in [0.1, 0.15) is 48.0 Å². The average molecular weight is 200 g/mol. The molecular weight excluding hydrogens is 179 g/mol. The summed E-state index contributed by atoms with van der Waals surface area (Å²) in [6, 6.07) is 0. The Bertz CT molecular complexity index is 222. The van der Waals surface area contributed by atoms with E-state index >= 15 is 0 Å². The van der Waals surface area contributed by atoms with Gasteiger partial charge in [0.25, 0.3) is 0 Å². The molecule has 0 radical (unpaired) electrons. The third kappa shape index (κ3) is 4.41. The van der Waals surface area contributed by atoms with Crippen molar-refractivity contribution in [3.8, 4) is 11.8 Å². The number of carbonyl (C=O) groups is 1. The Hall–Kier alpha value is -0.840.